The van der Waals surface area contributed by atoms with Crippen LogP contribution in [0.2, 0.25) is 0 Å². The van der Waals surface area contributed by atoms with Crippen molar-refractivity contribution in [2.75, 3.05) is 37.7 Å². The average Bonchev–Trinajstić information content (AvgIpc) is 3.17. The summed E-state index contributed by atoms with van der Waals surface area (Å²) in [5.41, 5.74) is 0.0468. The van der Waals surface area contributed by atoms with Gasteiger partial charge in [-0.15, -0.1) is 5.10 Å². The number of hydrogen-bond donors (Lipinski definition) is 0. The van der Waals surface area contributed by atoms with Gasteiger partial charge in [0.05, 0.1) is 19.7 Å². The van der Waals surface area contributed by atoms with Crippen molar-refractivity contribution in [3.05, 3.63) is 29.5 Å². The van der Waals surface area contributed by atoms with Gasteiger partial charge >= 0.3 is 0 Å². The number of carbonyl (C=O) groups is 1. The van der Waals surface area contributed by atoms with Gasteiger partial charge in [-0.1, -0.05) is 4.49 Å². The molecule has 24 heavy (non-hydrogen) atoms. The van der Waals surface area contributed by atoms with Crippen LogP contribution in [0.25, 0.3) is 0 Å². The normalized spacial score (nSPS) is 24.3. The van der Waals surface area contributed by atoms with Crippen LogP contribution in [0, 0.1) is 0 Å². The minimum Gasteiger partial charge on any atom is -0.369 e. The maximum absolute atomic E-state index is 12.6. The molecule has 2 aromatic rings. The summed E-state index contributed by atoms with van der Waals surface area (Å²) in [5.74, 6) is 0.645. The fraction of sp³-hybridized carbons (Fsp3) is 0.533. The van der Waals surface area contributed by atoms with E-state index in [2.05, 4.69) is 24.5 Å². The third-order valence-electron chi connectivity index (χ3n) is 4.49. The first-order valence-electron chi connectivity index (χ1n) is 7.98. The molecule has 2 aromatic heterocycles. The molecule has 8 nitrogen and oxygen atoms in total. The number of amides is 1. The molecule has 4 heterocycles. The first-order chi connectivity index (χ1) is 11.8. The van der Waals surface area contributed by atoms with Crippen LogP contribution in [0.15, 0.2) is 23.8 Å². The van der Waals surface area contributed by atoms with Crippen molar-refractivity contribution < 1.29 is 9.53 Å². The Morgan fingerprint density at radius 3 is 2.92 bits per heavy atom. The fourth-order valence-electron chi connectivity index (χ4n) is 3.41. The minimum atomic E-state index is -0.366. The Bertz CT molecular complexity index is 693. The molecule has 0 aliphatic carbocycles. The molecule has 0 saturated carbocycles. The van der Waals surface area contributed by atoms with Gasteiger partial charge in [-0.05, 0) is 30.4 Å². The SMILES string of the molecule is O=C(c1csnn1)N1CCOC2(CCCN(c3ncccn3)C2)C1. The molecule has 1 spiro atoms. The van der Waals surface area contributed by atoms with Crippen molar-refractivity contribution in [2.24, 2.45) is 0 Å². The van der Waals surface area contributed by atoms with Crippen LogP contribution >= 0.6 is 11.5 Å². The van der Waals surface area contributed by atoms with Gasteiger partial charge in [0.1, 0.15) is 5.60 Å². The Balaban J connectivity index is 1.50. The van der Waals surface area contributed by atoms with E-state index in [1.807, 2.05) is 11.0 Å². The van der Waals surface area contributed by atoms with Crippen LogP contribution in [-0.4, -0.2) is 68.7 Å². The lowest BCUT2D eigenvalue weighted by atomic mass is 9.90. The van der Waals surface area contributed by atoms with Gasteiger partial charge in [0.2, 0.25) is 5.95 Å². The van der Waals surface area contributed by atoms with Crippen molar-refractivity contribution in [2.45, 2.75) is 18.4 Å². The molecule has 2 aliphatic rings. The largest absolute Gasteiger partial charge is 0.369 e. The van der Waals surface area contributed by atoms with E-state index in [1.54, 1.807) is 17.8 Å². The predicted molar refractivity (Wildman–Crippen MR) is 88.0 cm³/mol. The van der Waals surface area contributed by atoms with Crippen LogP contribution in [0.1, 0.15) is 23.3 Å². The molecule has 4 rings (SSSR count). The predicted octanol–water partition coefficient (Wildman–Crippen LogP) is 0.840. The van der Waals surface area contributed by atoms with E-state index < -0.39 is 0 Å². The monoisotopic (exact) mass is 346 g/mol. The van der Waals surface area contributed by atoms with Crippen molar-refractivity contribution in [1.29, 1.82) is 0 Å². The minimum absolute atomic E-state index is 0.0699. The van der Waals surface area contributed by atoms with E-state index in [9.17, 15) is 4.79 Å². The van der Waals surface area contributed by atoms with Crippen molar-refractivity contribution >= 4 is 23.4 Å². The summed E-state index contributed by atoms with van der Waals surface area (Å²) in [5, 5.41) is 5.58. The van der Waals surface area contributed by atoms with Crippen LogP contribution in [-0.2, 0) is 4.74 Å². The maximum Gasteiger partial charge on any atom is 0.275 e. The quantitative estimate of drug-likeness (QED) is 0.796. The zero-order chi connectivity index (χ0) is 16.4. The Morgan fingerprint density at radius 2 is 2.12 bits per heavy atom. The Labute approximate surface area is 143 Å². The first kappa shape index (κ1) is 15.4. The highest BCUT2D eigenvalue weighted by Gasteiger charge is 2.42. The number of aromatic nitrogens is 4. The van der Waals surface area contributed by atoms with Crippen molar-refractivity contribution in [3.63, 3.8) is 0 Å². The summed E-state index contributed by atoms with van der Waals surface area (Å²) >= 11 is 1.19. The highest BCUT2D eigenvalue weighted by Crippen LogP contribution is 2.30. The van der Waals surface area contributed by atoms with Gasteiger partial charge in [0.15, 0.2) is 5.69 Å². The number of hydrogen-bond acceptors (Lipinski definition) is 8. The molecule has 0 aromatic carbocycles. The molecule has 126 valence electrons. The lowest BCUT2D eigenvalue weighted by Gasteiger charge is -2.47. The van der Waals surface area contributed by atoms with Gasteiger partial charge in [-0.2, -0.15) is 0 Å². The summed E-state index contributed by atoms with van der Waals surface area (Å²) in [4.78, 5) is 25.2. The Kier molecular flexibility index (Phi) is 4.11. The third-order valence-corrected chi connectivity index (χ3v) is 4.99. The summed E-state index contributed by atoms with van der Waals surface area (Å²) in [7, 11) is 0. The number of morpholine rings is 1. The molecule has 0 N–H and O–H groups in total. The van der Waals surface area contributed by atoms with Gasteiger partial charge in [0, 0.05) is 30.9 Å². The molecule has 2 aliphatic heterocycles. The molecule has 0 radical (unpaired) electrons. The standard InChI is InChI=1S/C15H18N6O2S/c22-13(12-9-24-19-18-12)20-7-8-23-15(10-20)3-1-6-21(11-15)14-16-4-2-5-17-14/h2,4-5,9H,1,3,6-8,10-11H2. The molecule has 2 saturated heterocycles. The topological polar surface area (TPSA) is 84.3 Å². The Hall–Kier alpha value is -2.13. The Morgan fingerprint density at radius 1 is 1.25 bits per heavy atom. The van der Waals surface area contributed by atoms with Crippen LogP contribution < -0.4 is 4.90 Å². The van der Waals surface area contributed by atoms with Gasteiger partial charge in [-0.25, -0.2) is 9.97 Å². The van der Waals surface area contributed by atoms with Gasteiger partial charge < -0.3 is 14.5 Å². The van der Waals surface area contributed by atoms with E-state index in [0.29, 0.717) is 37.9 Å². The summed E-state index contributed by atoms with van der Waals surface area (Å²) in [6.45, 7) is 3.27. The molecule has 2 fully saturated rings. The summed E-state index contributed by atoms with van der Waals surface area (Å²) < 4.78 is 9.91. The average molecular weight is 346 g/mol. The lowest BCUT2D eigenvalue weighted by molar-refractivity contribution is -0.105. The molecule has 1 atom stereocenters. The molecule has 9 heteroatoms. The van der Waals surface area contributed by atoms with Crippen LogP contribution in [0.3, 0.4) is 0 Å². The second kappa shape index (κ2) is 6.40. The van der Waals surface area contributed by atoms with E-state index in [0.717, 1.165) is 19.4 Å². The first-order valence-corrected chi connectivity index (χ1v) is 8.82. The van der Waals surface area contributed by atoms with Crippen molar-refractivity contribution in [1.82, 2.24) is 24.5 Å². The van der Waals surface area contributed by atoms with Crippen molar-refractivity contribution in [3.8, 4) is 0 Å². The van der Waals surface area contributed by atoms with Crippen LogP contribution in [0.5, 0.6) is 0 Å². The highest BCUT2D eigenvalue weighted by atomic mass is 32.1. The number of rotatable bonds is 2. The fourth-order valence-corrected chi connectivity index (χ4v) is 3.84. The molecular formula is C15H18N6O2S. The number of piperidine rings is 1. The van der Waals surface area contributed by atoms with Gasteiger partial charge in [-0.3, -0.25) is 4.79 Å². The summed E-state index contributed by atoms with van der Waals surface area (Å²) in [6, 6.07) is 1.81. The molecule has 0 bridgehead atoms. The summed E-state index contributed by atoms with van der Waals surface area (Å²) in [6.07, 6.45) is 5.40. The van der Waals surface area contributed by atoms with Crippen LogP contribution in [0.4, 0.5) is 5.95 Å². The van der Waals surface area contributed by atoms with Gasteiger partial charge in [0.25, 0.3) is 5.91 Å². The lowest BCUT2D eigenvalue weighted by Crippen LogP contribution is -2.61. The van der Waals surface area contributed by atoms with E-state index >= 15 is 0 Å². The number of nitrogens with zero attached hydrogens (tertiary/aromatic N) is 6. The van der Waals surface area contributed by atoms with E-state index in [4.69, 9.17) is 4.74 Å². The second-order valence-corrected chi connectivity index (χ2v) is 6.73. The third kappa shape index (κ3) is 2.96. The zero-order valence-electron chi connectivity index (χ0n) is 13.2. The smallest absolute Gasteiger partial charge is 0.275 e. The number of anilines is 1. The molecular weight excluding hydrogens is 328 g/mol. The van der Waals surface area contributed by atoms with E-state index in [1.165, 1.54) is 11.5 Å². The second-order valence-electron chi connectivity index (χ2n) is 6.12. The molecule has 1 unspecified atom stereocenters. The maximum atomic E-state index is 12.6. The van der Waals surface area contributed by atoms with E-state index in [-0.39, 0.29) is 11.5 Å². The number of ether oxygens (including phenoxy) is 1. The molecule has 1 amide bonds. The highest BCUT2D eigenvalue weighted by molar-refractivity contribution is 7.03. The number of carbonyl (C=O) groups excluding carboxylic acids is 1. The zero-order valence-corrected chi connectivity index (χ0v) is 14.0.